The fourth-order valence-electron chi connectivity index (χ4n) is 5.32. The van der Waals surface area contributed by atoms with E-state index >= 15 is 0 Å². The van der Waals surface area contributed by atoms with Crippen LogP contribution in [0.1, 0.15) is 52.9 Å². The zero-order valence-corrected chi connectivity index (χ0v) is 19.2. The molecule has 2 atom stereocenters. The summed E-state index contributed by atoms with van der Waals surface area (Å²) in [6, 6.07) is 11.2. The number of nitrogens with zero attached hydrogens (tertiary/aromatic N) is 2. The second kappa shape index (κ2) is 9.06. The van der Waals surface area contributed by atoms with E-state index in [-0.39, 0.29) is 17.9 Å². The number of fused-ring (bicyclic) bond motifs is 4. The number of morpholine rings is 1. The highest BCUT2D eigenvalue weighted by atomic mass is 16.5. The number of hydrogen-bond donors (Lipinski definition) is 0. The lowest BCUT2D eigenvalue weighted by atomic mass is 9.75. The standard InChI is InChI=1S/C26H30N2O5/c1-3-32-21-15-17-9-10-28-24(20(17)16-22(21)33-4-2)23(26(30)27-11-13-31-14-12-27)18-7-5-6-8-19(18)25(28)29/h5-8,15-16,23-24H,3-4,9-14H2,1-2H3. The highest BCUT2D eigenvalue weighted by Gasteiger charge is 2.47. The van der Waals surface area contributed by atoms with Crippen LogP contribution < -0.4 is 9.47 Å². The minimum Gasteiger partial charge on any atom is -0.490 e. The summed E-state index contributed by atoms with van der Waals surface area (Å²) in [6.45, 7) is 7.71. The van der Waals surface area contributed by atoms with Gasteiger partial charge in [-0.25, -0.2) is 0 Å². The molecule has 174 valence electrons. The molecule has 7 nitrogen and oxygen atoms in total. The van der Waals surface area contributed by atoms with Crippen molar-refractivity contribution in [3.8, 4) is 11.5 Å². The van der Waals surface area contributed by atoms with Gasteiger partial charge in [0.15, 0.2) is 11.5 Å². The van der Waals surface area contributed by atoms with Gasteiger partial charge >= 0.3 is 0 Å². The quantitative estimate of drug-likeness (QED) is 0.700. The van der Waals surface area contributed by atoms with Gasteiger partial charge in [0.2, 0.25) is 5.91 Å². The first-order chi connectivity index (χ1) is 16.1. The van der Waals surface area contributed by atoms with E-state index < -0.39 is 5.92 Å². The summed E-state index contributed by atoms with van der Waals surface area (Å²) < 4.78 is 17.2. The summed E-state index contributed by atoms with van der Waals surface area (Å²) in [4.78, 5) is 31.2. The molecule has 3 heterocycles. The molecule has 0 aromatic heterocycles. The van der Waals surface area contributed by atoms with Gasteiger partial charge in [0.05, 0.1) is 38.4 Å². The lowest BCUT2D eigenvalue weighted by Gasteiger charge is -2.46. The van der Waals surface area contributed by atoms with E-state index in [0.29, 0.717) is 69.5 Å². The van der Waals surface area contributed by atoms with E-state index in [1.807, 2.05) is 60.0 Å². The zero-order valence-electron chi connectivity index (χ0n) is 19.2. The van der Waals surface area contributed by atoms with Crippen LogP contribution in [0.25, 0.3) is 0 Å². The number of benzene rings is 2. The highest BCUT2D eigenvalue weighted by molar-refractivity contribution is 6.01. The highest BCUT2D eigenvalue weighted by Crippen LogP contribution is 2.49. The minimum absolute atomic E-state index is 0.0147. The smallest absolute Gasteiger partial charge is 0.254 e. The number of hydrogen-bond acceptors (Lipinski definition) is 5. The molecule has 0 N–H and O–H groups in total. The molecule has 0 spiro atoms. The topological polar surface area (TPSA) is 68.3 Å². The molecule has 2 amide bonds. The van der Waals surface area contributed by atoms with Crippen molar-refractivity contribution in [2.45, 2.75) is 32.2 Å². The molecule has 2 aromatic carbocycles. The van der Waals surface area contributed by atoms with Gasteiger partial charge in [0.1, 0.15) is 0 Å². The first-order valence-electron chi connectivity index (χ1n) is 11.8. The molecule has 0 saturated carbocycles. The number of carbonyl (C=O) groups is 2. The van der Waals surface area contributed by atoms with Gasteiger partial charge in [-0.15, -0.1) is 0 Å². The molecule has 2 aromatic rings. The Morgan fingerprint density at radius 2 is 1.70 bits per heavy atom. The van der Waals surface area contributed by atoms with Crippen LogP contribution in [0.5, 0.6) is 11.5 Å². The van der Waals surface area contributed by atoms with Crippen LogP contribution in [-0.2, 0) is 16.0 Å². The molecule has 1 fully saturated rings. The summed E-state index contributed by atoms with van der Waals surface area (Å²) in [6.07, 6.45) is 0.713. The molecule has 0 radical (unpaired) electrons. The Bertz CT molecular complexity index is 1060. The Morgan fingerprint density at radius 1 is 1.00 bits per heavy atom. The van der Waals surface area contributed by atoms with Crippen LogP contribution in [0.15, 0.2) is 36.4 Å². The molecule has 7 heteroatoms. The van der Waals surface area contributed by atoms with E-state index in [2.05, 4.69) is 0 Å². The van der Waals surface area contributed by atoms with Crippen LogP contribution in [0.2, 0.25) is 0 Å². The van der Waals surface area contributed by atoms with Gasteiger partial charge in [-0.2, -0.15) is 0 Å². The van der Waals surface area contributed by atoms with Crippen LogP contribution >= 0.6 is 0 Å². The Kier molecular flexibility index (Phi) is 5.98. The van der Waals surface area contributed by atoms with Crippen molar-refractivity contribution in [2.24, 2.45) is 0 Å². The van der Waals surface area contributed by atoms with Gasteiger partial charge < -0.3 is 24.0 Å². The van der Waals surface area contributed by atoms with Gasteiger partial charge in [-0.05, 0) is 55.2 Å². The lowest BCUT2D eigenvalue weighted by molar-refractivity contribution is -0.138. The average Bonchev–Trinajstić information content (AvgIpc) is 2.85. The van der Waals surface area contributed by atoms with Crippen LogP contribution in [0.3, 0.4) is 0 Å². The Morgan fingerprint density at radius 3 is 2.42 bits per heavy atom. The fourth-order valence-corrected chi connectivity index (χ4v) is 5.32. The van der Waals surface area contributed by atoms with E-state index in [0.717, 1.165) is 16.7 Å². The zero-order chi connectivity index (χ0) is 22.9. The number of rotatable bonds is 5. The first kappa shape index (κ1) is 21.8. The Balaban J connectivity index is 1.65. The second-order valence-electron chi connectivity index (χ2n) is 8.56. The van der Waals surface area contributed by atoms with Gasteiger partial charge in [0.25, 0.3) is 5.91 Å². The molecule has 0 bridgehead atoms. The Hall–Kier alpha value is -3.06. The maximum atomic E-state index is 13.9. The maximum Gasteiger partial charge on any atom is 0.254 e. The largest absolute Gasteiger partial charge is 0.490 e. The number of amides is 2. The van der Waals surface area contributed by atoms with E-state index in [1.54, 1.807) is 0 Å². The molecule has 3 aliphatic heterocycles. The van der Waals surface area contributed by atoms with Gasteiger partial charge in [0, 0.05) is 25.2 Å². The predicted molar refractivity (Wildman–Crippen MR) is 123 cm³/mol. The van der Waals surface area contributed by atoms with Crippen molar-refractivity contribution in [3.05, 3.63) is 58.7 Å². The molecular formula is C26H30N2O5. The molecule has 33 heavy (non-hydrogen) atoms. The summed E-state index contributed by atoms with van der Waals surface area (Å²) in [7, 11) is 0. The normalized spacial score (nSPS) is 21.7. The van der Waals surface area contributed by atoms with E-state index in [1.165, 1.54) is 0 Å². The monoisotopic (exact) mass is 450 g/mol. The minimum atomic E-state index is -0.469. The van der Waals surface area contributed by atoms with Crippen molar-refractivity contribution in [3.63, 3.8) is 0 Å². The van der Waals surface area contributed by atoms with Gasteiger partial charge in [-0.1, -0.05) is 18.2 Å². The van der Waals surface area contributed by atoms with Crippen molar-refractivity contribution in [1.82, 2.24) is 9.80 Å². The summed E-state index contributed by atoms with van der Waals surface area (Å²) in [5, 5.41) is 0. The van der Waals surface area contributed by atoms with Crippen molar-refractivity contribution >= 4 is 11.8 Å². The second-order valence-corrected chi connectivity index (χ2v) is 8.56. The first-order valence-corrected chi connectivity index (χ1v) is 11.8. The molecule has 5 rings (SSSR count). The summed E-state index contributed by atoms with van der Waals surface area (Å²) in [5.41, 5.74) is 3.51. The molecule has 3 aliphatic rings. The third-order valence-corrected chi connectivity index (χ3v) is 6.77. The third-order valence-electron chi connectivity index (χ3n) is 6.77. The van der Waals surface area contributed by atoms with Crippen LogP contribution in [0, 0.1) is 0 Å². The fraction of sp³-hybridized carbons (Fsp3) is 0.462. The van der Waals surface area contributed by atoms with Crippen LogP contribution in [0.4, 0.5) is 0 Å². The van der Waals surface area contributed by atoms with Crippen molar-refractivity contribution in [1.29, 1.82) is 0 Å². The number of carbonyl (C=O) groups excluding carboxylic acids is 2. The maximum absolute atomic E-state index is 13.9. The molecule has 0 aliphatic carbocycles. The molecule has 1 saturated heterocycles. The average molecular weight is 451 g/mol. The predicted octanol–water partition coefficient (Wildman–Crippen LogP) is 3.18. The van der Waals surface area contributed by atoms with Gasteiger partial charge in [-0.3, -0.25) is 9.59 Å². The molecular weight excluding hydrogens is 420 g/mol. The van der Waals surface area contributed by atoms with Crippen molar-refractivity contribution < 1.29 is 23.8 Å². The number of ether oxygens (including phenoxy) is 3. The lowest BCUT2D eigenvalue weighted by Crippen LogP contribution is -2.52. The summed E-state index contributed by atoms with van der Waals surface area (Å²) in [5.74, 6) is 0.935. The van der Waals surface area contributed by atoms with E-state index in [4.69, 9.17) is 14.2 Å². The van der Waals surface area contributed by atoms with Crippen molar-refractivity contribution in [2.75, 3.05) is 46.1 Å². The molecule has 2 unspecified atom stereocenters. The van der Waals surface area contributed by atoms with Crippen LogP contribution in [-0.4, -0.2) is 67.7 Å². The van der Waals surface area contributed by atoms with E-state index in [9.17, 15) is 9.59 Å². The SMILES string of the molecule is CCOc1cc2c(cc1OCC)C1C(C(=O)N3CCOCC3)c3ccccc3C(=O)N1CC2. The summed E-state index contributed by atoms with van der Waals surface area (Å²) >= 11 is 0. The Labute approximate surface area is 194 Å². The third kappa shape index (κ3) is 3.74.